The van der Waals surface area contributed by atoms with Crippen molar-refractivity contribution in [2.24, 2.45) is 0 Å². The van der Waals surface area contributed by atoms with Crippen LogP contribution in [0.25, 0.3) is 0 Å². The molecule has 0 spiro atoms. The lowest BCUT2D eigenvalue weighted by molar-refractivity contribution is 0.694. The van der Waals surface area contributed by atoms with Crippen LogP contribution in [-0.4, -0.2) is 0 Å². The van der Waals surface area contributed by atoms with E-state index < -0.39 is 0 Å². The molecule has 0 aromatic carbocycles. The molecule has 59 valence electrons. The van der Waals surface area contributed by atoms with Crippen molar-refractivity contribution in [2.45, 2.75) is 45.4 Å². The number of allylic oxidation sites excluding steroid dienone is 2. The van der Waals surface area contributed by atoms with Crippen molar-refractivity contribution in [1.29, 1.82) is 0 Å². The third-order valence-electron chi connectivity index (χ3n) is 1.52. The van der Waals surface area contributed by atoms with E-state index in [0.717, 1.165) is 6.42 Å². The Bertz CT molecular complexity index is 72.1. The zero-order valence-corrected chi connectivity index (χ0v) is 7.10. The quantitative estimate of drug-likeness (QED) is 0.388. The van der Waals surface area contributed by atoms with Crippen molar-refractivity contribution >= 4 is 0 Å². The van der Waals surface area contributed by atoms with E-state index in [1.807, 2.05) is 0 Å². The summed E-state index contributed by atoms with van der Waals surface area (Å²) in [7, 11) is 0. The molecule has 0 amide bonds. The summed E-state index contributed by atoms with van der Waals surface area (Å²) in [5.41, 5.74) is 0. The van der Waals surface area contributed by atoms with Crippen LogP contribution < -0.4 is 0 Å². The lowest BCUT2D eigenvalue weighted by atomic mass is 10.1. The highest BCUT2D eigenvalue weighted by atomic mass is 13.9. The summed E-state index contributed by atoms with van der Waals surface area (Å²) in [5.74, 6) is 0. The molecule has 0 nitrogen and oxygen atoms in total. The lowest BCUT2D eigenvalue weighted by Gasteiger charge is -1.92. The summed E-state index contributed by atoms with van der Waals surface area (Å²) >= 11 is 0. The Morgan fingerprint density at radius 2 is 1.90 bits per heavy atom. The Hall–Kier alpha value is -0.260. The SMILES string of the molecule is [CH2]CCCCC/C=C/CC. The third-order valence-corrected chi connectivity index (χ3v) is 1.52. The van der Waals surface area contributed by atoms with Crippen molar-refractivity contribution < 1.29 is 0 Å². The van der Waals surface area contributed by atoms with Crippen molar-refractivity contribution in [3.05, 3.63) is 19.1 Å². The standard InChI is InChI=1S/C10H19/c1-3-5-7-9-10-8-6-4-2/h6,8H,1,3-5,7,9-10H2,2H3/b8-6+. The molecule has 0 N–H and O–H groups in total. The normalized spacial score (nSPS) is 11.0. The second kappa shape index (κ2) is 8.74. The smallest absolute Gasteiger partial charge is 0.0351 e. The van der Waals surface area contributed by atoms with E-state index in [4.69, 9.17) is 0 Å². The van der Waals surface area contributed by atoms with E-state index in [-0.39, 0.29) is 0 Å². The molecule has 0 heteroatoms. The second-order valence-corrected chi connectivity index (χ2v) is 2.58. The molecular formula is C10H19. The molecule has 0 bridgehead atoms. The molecule has 10 heavy (non-hydrogen) atoms. The highest BCUT2D eigenvalue weighted by Gasteiger charge is 1.82. The minimum absolute atomic E-state index is 1.09. The lowest BCUT2D eigenvalue weighted by Crippen LogP contribution is -1.73. The zero-order valence-electron chi connectivity index (χ0n) is 7.10. The predicted molar refractivity (Wildman–Crippen MR) is 47.9 cm³/mol. The maximum Gasteiger partial charge on any atom is -0.0351 e. The molecule has 0 aliphatic rings. The maximum atomic E-state index is 3.80. The molecule has 0 fully saturated rings. The van der Waals surface area contributed by atoms with Gasteiger partial charge < -0.3 is 0 Å². The Morgan fingerprint density at radius 1 is 1.10 bits per heavy atom. The van der Waals surface area contributed by atoms with Gasteiger partial charge in [-0.1, -0.05) is 45.3 Å². The monoisotopic (exact) mass is 139 g/mol. The molecule has 0 heterocycles. The molecule has 0 aliphatic carbocycles. The van der Waals surface area contributed by atoms with Gasteiger partial charge in [-0.3, -0.25) is 0 Å². The van der Waals surface area contributed by atoms with Crippen LogP contribution in [0.5, 0.6) is 0 Å². The maximum absolute atomic E-state index is 3.80. The predicted octanol–water partition coefficient (Wildman–Crippen LogP) is 3.74. The molecule has 0 aromatic heterocycles. The van der Waals surface area contributed by atoms with E-state index in [1.54, 1.807) is 0 Å². The van der Waals surface area contributed by atoms with Gasteiger partial charge in [0, 0.05) is 0 Å². The molecule has 0 unspecified atom stereocenters. The van der Waals surface area contributed by atoms with Gasteiger partial charge in [-0.05, 0) is 19.3 Å². The van der Waals surface area contributed by atoms with Crippen LogP contribution in [0.15, 0.2) is 12.2 Å². The van der Waals surface area contributed by atoms with Crippen molar-refractivity contribution in [3.8, 4) is 0 Å². The van der Waals surface area contributed by atoms with Crippen LogP contribution in [0.2, 0.25) is 0 Å². The first-order valence-electron chi connectivity index (χ1n) is 4.36. The van der Waals surface area contributed by atoms with E-state index in [2.05, 4.69) is 26.0 Å². The summed E-state index contributed by atoms with van der Waals surface area (Å²) in [5, 5.41) is 0. The van der Waals surface area contributed by atoms with E-state index in [9.17, 15) is 0 Å². The second-order valence-electron chi connectivity index (χ2n) is 2.58. The number of hydrogen-bond donors (Lipinski definition) is 0. The van der Waals surface area contributed by atoms with E-state index in [0.29, 0.717) is 0 Å². The molecule has 0 aliphatic heterocycles. The van der Waals surface area contributed by atoms with Crippen LogP contribution >= 0.6 is 0 Å². The van der Waals surface area contributed by atoms with Crippen LogP contribution in [0.3, 0.4) is 0 Å². The average molecular weight is 139 g/mol. The van der Waals surface area contributed by atoms with Gasteiger partial charge in [-0.2, -0.15) is 0 Å². The molecule has 0 aromatic rings. The molecular weight excluding hydrogens is 120 g/mol. The fraction of sp³-hybridized carbons (Fsp3) is 0.700. The van der Waals surface area contributed by atoms with Crippen LogP contribution in [0, 0.1) is 6.92 Å². The van der Waals surface area contributed by atoms with Gasteiger partial charge in [0.05, 0.1) is 0 Å². The van der Waals surface area contributed by atoms with Crippen LogP contribution in [0.1, 0.15) is 45.4 Å². The van der Waals surface area contributed by atoms with Gasteiger partial charge in [0.2, 0.25) is 0 Å². The Morgan fingerprint density at radius 3 is 2.50 bits per heavy atom. The third kappa shape index (κ3) is 7.74. The van der Waals surface area contributed by atoms with Gasteiger partial charge in [0.1, 0.15) is 0 Å². The Kier molecular flexibility index (Phi) is 8.51. The Labute approximate surface area is 65.3 Å². The van der Waals surface area contributed by atoms with Gasteiger partial charge >= 0.3 is 0 Å². The summed E-state index contributed by atoms with van der Waals surface area (Å²) in [6.07, 6.45) is 12.0. The van der Waals surface area contributed by atoms with Gasteiger partial charge in [0.15, 0.2) is 0 Å². The van der Waals surface area contributed by atoms with Gasteiger partial charge in [0.25, 0.3) is 0 Å². The summed E-state index contributed by atoms with van der Waals surface area (Å²) in [6, 6.07) is 0. The number of hydrogen-bond acceptors (Lipinski definition) is 0. The largest absolute Gasteiger partial charge is 0.0888 e. The summed E-state index contributed by atoms with van der Waals surface area (Å²) in [4.78, 5) is 0. The van der Waals surface area contributed by atoms with Crippen LogP contribution in [0.4, 0.5) is 0 Å². The first kappa shape index (κ1) is 9.74. The highest BCUT2D eigenvalue weighted by Crippen LogP contribution is 2.02. The molecule has 0 saturated heterocycles. The van der Waals surface area contributed by atoms with Gasteiger partial charge in [-0.25, -0.2) is 0 Å². The number of unbranched alkanes of at least 4 members (excludes halogenated alkanes) is 4. The van der Waals surface area contributed by atoms with E-state index in [1.165, 1.54) is 32.1 Å². The molecule has 0 saturated carbocycles. The minimum atomic E-state index is 1.09. The fourth-order valence-electron chi connectivity index (χ4n) is 0.900. The van der Waals surface area contributed by atoms with Crippen molar-refractivity contribution in [2.75, 3.05) is 0 Å². The zero-order chi connectivity index (χ0) is 7.66. The molecule has 0 rings (SSSR count). The highest BCUT2D eigenvalue weighted by molar-refractivity contribution is 4.79. The first-order chi connectivity index (χ1) is 4.91. The fourth-order valence-corrected chi connectivity index (χ4v) is 0.900. The average Bonchev–Trinajstić information content (AvgIpc) is 1.97. The molecule has 0 atom stereocenters. The number of rotatable bonds is 6. The van der Waals surface area contributed by atoms with Crippen molar-refractivity contribution in [1.82, 2.24) is 0 Å². The minimum Gasteiger partial charge on any atom is -0.0888 e. The summed E-state index contributed by atoms with van der Waals surface area (Å²) < 4.78 is 0. The van der Waals surface area contributed by atoms with Crippen molar-refractivity contribution in [3.63, 3.8) is 0 Å². The topological polar surface area (TPSA) is 0 Å². The summed E-state index contributed by atoms with van der Waals surface area (Å²) in [6.45, 7) is 5.97. The van der Waals surface area contributed by atoms with E-state index >= 15 is 0 Å². The van der Waals surface area contributed by atoms with Gasteiger partial charge in [-0.15, -0.1) is 0 Å². The Balaban J connectivity index is 2.83. The van der Waals surface area contributed by atoms with Crippen LogP contribution in [-0.2, 0) is 0 Å². The molecule has 1 radical (unpaired) electrons. The first-order valence-corrected chi connectivity index (χ1v) is 4.36.